The maximum Gasteiger partial charge on any atom is -0.0351 e. The summed E-state index contributed by atoms with van der Waals surface area (Å²) >= 11 is 0. The second kappa shape index (κ2) is 18.7. The lowest BCUT2D eigenvalue weighted by Crippen LogP contribution is -1.80. The van der Waals surface area contributed by atoms with Gasteiger partial charge in [0, 0.05) is 0 Å². The van der Waals surface area contributed by atoms with Crippen molar-refractivity contribution in [3.63, 3.8) is 0 Å². The number of allylic oxidation sites excluding steroid dienone is 2. The predicted octanol–water partition coefficient (Wildman–Crippen LogP) is 7.82. The van der Waals surface area contributed by atoms with Crippen molar-refractivity contribution in [2.24, 2.45) is 0 Å². The predicted molar refractivity (Wildman–Crippen MR) is 94.4 cm³/mol. The van der Waals surface area contributed by atoms with E-state index in [4.69, 9.17) is 0 Å². The van der Waals surface area contributed by atoms with Crippen LogP contribution in [-0.4, -0.2) is 0 Å². The van der Waals surface area contributed by atoms with Crippen molar-refractivity contribution < 1.29 is 0 Å². The summed E-state index contributed by atoms with van der Waals surface area (Å²) in [6, 6.07) is 0. The second-order valence-corrected chi connectivity index (χ2v) is 6.29. The molecule has 20 heavy (non-hydrogen) atoms. The maximum absolute atomic E-state index is 2.42. The van der Waals surface area contributed by atoms with Gasteiger partial charge in [0.25, 0.3) is 0 Å². The highest BCUT2D eigenvalue weighted by molar-refractivity contribution is 4.81. The van der Waals surface area contributed by atoms with Crippen LogP contribution in [0, 0.1) is 0 Å². The van der Waals surface area contributed by atoms with Gasteiger partial charge in [-0.25, -0.2) is 0 Å². The van der Waals surface area contributed by atoms with Crippen molar-refractivity contribution in [1.82, 2.24) is 0 Å². The molecule has 0 atom stereocenters. The van der Waals surface area contributed by atoms with Gasteiger partial charge in [-0.1, -0.05) is 103 Å². The average molecular weight is 281 g/mol. The van der Waals surface area contributed by atoms with Gasteiger partial charge in [-0.3, -0.25) is 0 Å². The summed E-state index contributed by atoms with van der Waals surface area (Å²) in [5.41, 5.74) is 0. The van der Waals surface area contributed by atoms with Crippen molar-refractivity contribution in [1.29, 1.82) is 0 Å². The summed E-state index contributed by atoms with van der Waals surface area (Å²) in [5.74, 6) is 0. The molecule has 0 saturated heterocycles. The lowest BCUT2D eigenvalue weighted by Gasteiger charge is -2.00. The van der Waals surface area contributed by atoms with Crippen LogP contribution in [0.1, 0.15) is 117 Å². The first-order chi connectivity index (χ1) is 9.91. The molecule has 0 saturated carbocycles. The van der Waals surface area contributed by atoms with Crippen molar-refractivity contribution in [2.45, 2.75) is 117 Å². The average Bonchev–Trinajstić information content (AvgIpc) is 2.47. The molecule has 0 aliphatic rings. The van der Waals surface area contributed by atoms with Crippen LogP contribution in [0.2, 0.25) is 0 Å². The van der Waals surface area contributed by atoms with E-state index >= 15 is 0 Å². The van der Waals surface area contributed by atoms with Crippen LogP contribution in [0.15, 0.2) is 12.2 Å². The Balaban J connectivity index is 3.01. The molecule has 0 aromatic heterocycles. The monoisotopic (exact) mass is 280 g/mol. The van der Waals surface area contributed by atoms with Gasteiger partial charge < -0.3 is 0 Å². The quantitative estimate of drug-likeness (QED) is 0.200. The minimum Gasteiger partial charge on any atom is -0.0885 e. The Kier molecular flexibility index (Phi) is 18.5. The molecule has 0 nitrogen and oxygen atoms in total. The first-order valence-corrected chi connectivity index (χ1v) is 9.56. The molecular weight excluding hydrogens is 240 g/mol. The van der Waals surface area contributed by atoms with E-state index in [1.165, 1.54) is 103 Å². The van der Waals surface area contributed by atoms with Gasteiger partial charge in [0.1, 0.15) is 0 Å². The Morgan fingerprint density at radius 2 is 0.700 bits per heavy atom. The zero-order valence-electron chi connectivity index (χ0n) is 14.5. The van der Waals surface area contributed by atoms with E-state index < -0.39 is 0 Å². The van der Waals surface area contributed by atoms with Gasteiger partial charge in [-0.2, -0.15) is 0 Å². The summed E-state index contributed by atoms with van der Waals surface area (Å²) in [7, 11) is 0. The van der Waals surface area contributed by atoms with Crippen LogP contribution in [0.25, 0.3) is 0 Å². The Morgan fingerprint density at radius 1 is 0.400 bits per heavy atom. The highest BCUT2D eigenvalue weighted by Crippen LogP contribution is 2.10. The SMILES string of the molecule is CCCCCCCC/C=C\CCCCCCCCCC. The molecule has 0 aromatic carbocycles. The third kappa shape index (κ3) is 17.7. The van der Waals surface area contributed by atoms with Gasteiger partial charge in [-0.15, -0.1) is 0 Å². The van der Waals surface area contributed by atoms with E-state index in [1.807, 2.05) is 0 Å². The number of hydrogen-bond acceptors (Lipinski definition) is 0. The first kappa shape index (κ1) is 19.7. The standard InChI is InChI=1S/C20H40/c1-3-5-7-9-11-13-15-17-19-20-18-16-14-12-10-8-6-4-2/h17,19H,3-16,18,20H2,1-2H3/b19-17-. The van der Waals surface area contributed by atoms with Gasteiger partial charge in [0.15, 0.2) is 0 Å². The van der Waals surface area contributed by atoms with Crippen LogP contribution in [-0.2, 0) is 0 Å². The van der Waals surface area contributed by atoms with E-state index in [-0.39, 0.29) is 0 Å². The summed E-state index contributed by atoms with van der Waals surface area (Å²) < 4.78 is 0. The molecule has 0 rings (SSSR count). The summed E-state index contributed by atoms with van der Waals surface area (Å²) in [5, 5.41) is 0. The lowest BCUT2D eigenvalue weighted by atomic mass is 10.1. The minimum absolute atomic E-state index is 1.31. The molecule has 0 heteroatoms. The van der Waals surface area contributed by atoms with Crippen molar-refractivity contribution in [2.75, 3.05) is 0 Å². The molecule has 0 aromatic rings. The normalized spacial score (nSPS) is 11.5. The fraction of sp³-hybridized carbons (Fsp3) is 0.900. The number of unbranched alkanes of at least 4 members (excludes halogenated alkanes) is 14. The second-order valence-electron chi connectivity index (χ2n) is 6.29. The first-order valence-electron chi connectivity index (χ1n) is 9.56. The van der Waals surface area contributed by atoms with Gasteiger partial charge in [-0.05, 0) is 25.7 Å². The topological polar surface area (TPSA) is 0 Å². The highest BCUT2D eigenvalue weighted by atomic mass is 14.0. The molecule has 0 bridgehead atoms. The Bertz CT molecular complexity index is 180. The van der Waals surface area contributed by atoms with Crippen LogP contribution in [0.4, 0.5) is 0 Å². The largest absolute Gasteiger partial charge is 0.0885 e. The van der Waals surface area contributed by atoms with Crippen LogP contribution >= 0.6 is 0 Å². The van der Waals surface area contributed by atoms with Crippen molar-refractivity contribution in [3.8, 4) is 0 Å². The summed E-state index contributed by atoms with van der Waals surface area (Å²) in [4.78, 5) is 0. The molecule has 0 radical (unpaired) electrons. The number of hydrogen-bond donors (Lipinski definition) is 0. The van der Waals surface area contributed by atoms with Gasteiger partial charge in [0.05, 0.1) is 0 Å². The third-order valence-corrected chi connectivity index (χ3v) is 4.12. The third-order valence-electron chi connectivity index (χ3n) is 4.12. The molecule has 0 aliphatic carbocycles. The maximum atomic E-state index is 2.42. The Labute approximate surface area is 129 Å². The zero-order valence-corrected chi connectivity index (χ0v) is 14.5. The van der Waals surface area contributed by atoms with E-state index in [9.17, 15) is 0 Å². The van der Waals surface area contributed by atoms with Crippen molar-refractivity contribution in [3.05, 3.63) is 12.2 Å². The van der Waals surface area contributed by atoms with Crippen LogP contribution in [0.3, 0.4) is 0 Å². The smallest absolute Gasteiger partial charge is 0.0351 e. The molecule has 0 fully saturated rings. The molecule has 0 amide bonds. The summed E-state index contributed by atoms with van der Waals surface area (Å²) in [6.45, 7) is 4.57. The molecular formula is C20H40. The molecule has 0 spiro atoms. The van der Waals surface area contributed by atoms with Gasteiger partial charge in [0.2, 0.25) is 0 Å². The molecule has 0 heterocycles. The minimum atomic E-state index is 1.31. The van der Waals surface area contributed by atoms with Crippen molar-refractivity contribution >= 4 is 0 Å². The van der Waals surface area contributed by atoms with Gasteiger partial charge >= 0.3 is 0 Å². The van der Waals surface area contributed by atoms with E-state index in [1.54, 1.807) is 0 Å². The summed E-state index contributed by atoms with van der Waals surface area (Å²) in [6.07, 6.45) is 27.4. The molecule has 0 N–H and O–H groups in total. The molecule has 120 valence electrons. The van der Waals surface area contributed by atoms with E-state index in [0.717, 1.165) is 0 Å². The van der Waals surface area contributed by atoms with Crippen LogP contribution < -0.4 is 0 Å². The number of rotatable bonds is 16. The fourth-order valence-corrected chi connectivity index (χ4v) is 2.67. The lowest BCUT2D eigenvalue weighted by molar-refractivity contribution is 0.577. The molecule has 0 unspecified atom stereocenters. The highest BCUT2D eigenvalue weighted by Gasteiger charge is 1.91. The van der Waals surface area contributed by atoms with E-state index in [0.29, 0.717) is 0 Å². The van der Waals surface area contributed by atoms with E-state index in [2.05, 4.69) is 26.0 Å². The van der Waals surface area contributed by atoms with Crippen LogP contribution in [0.5, 0.6) is 0 Å². The fourth-order valence-electron chi connectivity index (χ4n) is 2.67. The zero-order chi connectivity index (χ0) is 14.7. The Morgan fingerprint density at radius 3 is 1.05 bits per heavy atom. The Hall–Kier alpha value is -0.260. The molecule has 0 aliphatic heterocycles.